The van der Waals surface area contributed by atoms with Crippen molar-refractivity contribution in [1.29, 1.82) is 0 Å². The number of aromatic amines is 1. The molecule has 0 fully saturated rings. The van der Waals surface area contributed by atoms with Crippen molar-refractivity contribution >= 4 is 11.0 Å². The van der Waals surface area contributed by atoms with E-state index in [1.165, 1.54) is 6.33 Å². The molecule has 0 saturated heterocycles. The van der Waals surface area contributed by atoms with E-state index in [1.807, 2.05) is 24.0 Å². The lowest BCUT2D eigenvalue weighted by atomic mass is 10.4. The van der Waals surface area contributed by atoms with Gasteiger partial charge in [-0.05, 0) is 6.07 Å². The van der Waals surface area contributed by atoms with Crippen LogP contribution in [0.3, 0.4) is 0 Å². The van der Waals surface area contributed by atoms with Gasteiger partial charge in [-0.2, -0.15) is 5.10 Å². The molecule has 0 bridgehead atoms. The Morgan fingerprint density at radius 3 is 3.06 bits per heavy atom. The van der Waals surface area contributed by atoms with Gasteiger partial charge in [0.05, 0.1) is 23.6 Å². The number of hydrogen-bond acceptors (Lipinski definition) is 3. The fraction of sp³-hybridized carbons (Fsp3) is 0.100. The van der Waals surface area contributed by atoms with Gasteiger partial charge in [-0.25, -0.2) is 4.98 Å². The first-order chi connectivity index (χ1) is 7.75. The standard InChI is InChI=1S/C10H9N5O/c1-14-5-7(4-13-14)15-3-2-8-9(15)11-6-12-10(8)16/h2-6H,1H3,(H,11,12,16). The van der Waals surface area contributed by atoms with Crippen molar-refractivity contribution in [3.8, 4) is 5.69 Å². The van der Waals surface area contributed by atoms with Crippen LogP contribution in [0.25, 0.3) is 16.7 Å². The average Bonchev–Trinajstić information content (AvgIpc) is 2.84. The first-order valence-electron chi connectivity index (χ1n) is 4.79. The maximum absolute atomic E-state index is 11.5. The number of nitrogens with one attached hydrogen (secondary N) is 1. The van der Waals surface area contributed by atoms with Crippen LogP contribution in [0.1, 0.15) is 0 Å². The van der Waals surface area contributed by atoms with Gasteiger partial charge < -0.3 is 4.98 Å². The minimum absolute atomic E-state index is 0.132. The Bertz CT molecular complexity index is 705. The summed E-state index contributed by atoms with van der Waals surface area (Å²) in [5, 5.41) is 4.66. The van der Waals surface area contributed by atoms with Gasteiger partial charge in [-0.1, -0.05) is 0 Å². The number of H-pyrrole nitrogens is 1. The molecule has 0 aliphatic rings. The molecule has 0 unspecified atom stereocenters. The Kier molecular flexibility index (Phi) is 1.70. The monoisotopic (exact) mass is 215 g/mol. The topological polar surface area (TPSA) is 68.5 Å². The van der Waals surface area contributed by atoms with Crippen molar-refractivity contribution in [3.05, 3.63) is 41.3 Å². The number of aromatic nitrogens is 5. The molecule has 3 aromatic rings. The van der Waals surface area contributed by atoms with Crippen LogP contribution >= 0.6 is 0 Å². The first-order valence-corrected chi connectivity index (χ1v) is 4.79. The van der Waals surface area contributed by atoms with E-state index < -0.39 is 0 Å². The van der Waals surface area contributed by atoms with Crippen molar-refractivity contribution in [3.63, 3.8) is 0 Å². The highest BCUT2D eigenvalue weighted by atomic mass is 16.1. The summed E-state index contributed by atoms with van der Waals surface area (Å²) in [6.45, 7) is 0. The van der Waals surface area contributed by atoms with Crippen molar-refractivity contribution < 1.29 is 0 Å². The summed E-state index contributed by atoms with van der Waals surface area (Å²) >= 11 is 0. The Morgan fingerprint density at radius 2 is 2.31 bits per heavy atom. The van der Waals surface area contributed by atoms with Crippen molar-refractivity contribution in [1.82, 2.24) is 24.3 Å². The van der Waals surface area contributed by atoms with Crippen LogP contribution in [-0.2, 0) is 7.05 Å². The summed E-state index contributed by atoms with van der Waals surface area (Å²) in [6.07, 6.45) is 6.80. The minimum Gasteiger partial charge on any atom is -0.313 e. The molecule has 3 heterocycles. The smallest absolute Gasteiger partial charge is 0.260 e. The minimum atomic E-state index is -0.132. The zero-order valence-electron chi connectivity index (χ0n) is 8.58. The van der Waals surface area contributed by atoms with Crippen LogP contribution in [-0.4, -0.2) is 24.3 Å². The van der Waals surface area contributed by atoms with Gasteiger partial charge in [0.2, 0.25) is 0 Å². The van der Waals surface area contributed by atoms with E-state index in [4.69, 9.17) is 0 Å². The zero-order chi connectivity index (χ0) is 11.1. The van der Waals surface area contributed by atoms with Crippen LogP contribution in [0.2, 0.25) is 0 Å². The highest BCUT2D eigenvalue weighted by Crippen LogP contribution is 2.14. The molecule has 1 N–H and O–H groups in total. The largest absolute Gasteiger partial charge is 0.313 e. The fourth-order valence-electron chi connectivity index (χ4n) is 1.70. The molecule has 3 rings (SSSR count). The molecule has 6 nitrogen and oxygen atoms in total. The summed E-state index contributed by atoms with van der Waals surface area (Å²) < 4.78 is 3.53. The molecule has 0 spiro atoms. The summed E-state index contributed by atoms with van der Waals surface area (Å²) in [5.74, 6) is 0. The van der Waals surface area contributed by atoms with E-state index >= 15 is 0 Å². The third-order valence-electron chi connectivity index (χ3n) is 2.46. The van der Waals surface area contributed by atoms with Crippen molar-refractivity contribution in [2.24, 2.45) is 7.05 Å². The highest BCUT2D eigenvalue weighted by Gasteiger charge is 2.07. The lowest BCUT2D eigenvalue weighted by Crippen LogP contribution is -2.06. The summed E-state index contributed by atoms with van der Waals surface area (Å²) in [6, 6.07) is 1.74. The second-order valence-corrected chi connectivity index (χ2v) is 3.53. The van der Waals surface area contributed by atoms with Crippen LogP contribution in [0.5, 0.6) is 0 Å². The van der Waals surface area contributed by atoms with Crippen LogP contribution < -0.4 is 5.56 Å². The summed E-state index contributed by atoms with van der Waals surface area (Å²) in [4.78, 5) is 18.2. The van der Waals surface area contributed by atoms with Crippen LogP contribution in [0.4, 0.5) is 0 Å². The van der Waals surface area contributed by atoms with Gasteiger partial charge >= 0.3 is 0 Å². The fourth-order valence-corrected chi connectivity index (χ4v) is 1.70. The Balaban J connectivity index is 2.33. The Labute approximate surface area is 90.2 Å². The van der Waals surface area contributed by atoms with Crippen LogP contribution in [0.15, 0.2) is 35.8 Å². The van der Waals surface area contributed by atoms with Gasteiger partial charge in [0.15, 0.2) is 5.65 Å². The highest BCUT2D eigenvalue weighted by molar-refractivity contribution is 5.76. The van der Waals surface area contributed by atoms with Crippen molar-refractivity contribution in [2.75, 3.05) is 0 Å². The second kappa shape index (κ2) is 3.06. The van der Waals surface area contributed by atoms with E-state index in [0.717, 1.165) is 5.69 Å². The third-order valence-corrected chi connectivity index (χ3v) is 2.46. The molecule has 80 valence electrons. The van der Waals surface area contributed by atoms with Gasteiger partial charge in [0, 0.05) is 19.4 Å². The Hall–Kier alpha value is -2.37. The molecule has 0 radical (unpaired) electrons. The van der Waals surface area contributed by atoms with E-state index in [9.17, 15) is 4.79 Å². The van der Waals surface area contributed by atoms with Gasteiger partial charge in [0.25, 0.3) is 5.56 Å². The van der Waals surface area contributed by atoms with Gasteiger partial charge in [-0.15, -0.1) is 0 Å². The molecule has 3 aromatic heterocycles. The Morgan fingerprint density at radius 1 is 1.44 bits per heavy atom. The molecule has 0 aliphatic carbocycles. The van der Waals surface area contributed by atoms with Crippen LogP contribution in [0, 0.1) is 0 Å². The maximum Gasteiger partial charge on any atom is 0.260 e. The molecule has 0 aromatic carbocycles. The summed E-state index contributed by atoms with van der Waals surface area (Å²) in [5.41, 5.74) is 1.39. The molecular formula is C10H9N5O. The number of hydrogen-bond donors (Lipinski definition) is 1. The number of rotatable bonds is 1. The molecular weight excluding hydrogens is 206 g/mol. The van der Waals surface area contributed by atoms with E-state index in [0.29, 0.717) is 11.0 Å². The number of nitrogens with zero attached hydrogens (tertiary/aromatic N) is 4. The zero-order valence-corrected chi connectivity index (χ0v) is 8.58. The first kappa shape index (κ1) is 8.90. The number of fused-ring (bicyclic) bond motifs is 1. The summed E-state index contributed by atoms with van der Waals surface area (Å²) in [7, 11) is 1.84. The van der Waals surface area contributed by atoms with Gasteiger partial charge in [-0.3, -0.25) is 14.0 Å². The van der Waals surface area contributed by atoms with Crippen molar-refractivity contribution in [2.45, 2.75) is 0 Å². The lowest BCUT2D eigenvalue weighted by molar-refractivity contribution is 0.767. The quantitative estimate of drug-likeness (QED) is 0.640. The molecule has 0 amide bonds. The molecule has 6 heteroatoms. The van der Waals surface area contributed by atoms with E-state index in [1.54, 1.807) is 16.9 Å². The second-order valence-electron chi connectivity index (χ2n) is 3.53. The average molecular weight is 215 g/mol. The molecule has 0 aliphatic heterocycles. The lowest BCUT2D eigenvalue weighted by Gasteiger charge is -1.98. The van der Waals surface area contributed by atoms with E-state index in [-0.39, 0.29) is 5.56 Å². The van der Waals surface area contributed by atoms with E-state index in [2.05, 4.69) is 15.1 Å². The molecule has 16 heavy (non-hydrogen) atoms. The van der Waals surface area contributed by atoms with Gasteiger partial charge in [0.1, 0.15) is 0 Å². The third kappa shape index (κ3) is 1.16. The predicted molar refractivity (Wildman–Crippen MR) is 58.5 cm³/mol. The maximum atomic E-state index is 11.5. The molecule has 0 atom stereocenters. The normalized spacial score (nSPS) is 11.1. The number of aryl methyl sites for hydroxylation is 1. The predicted octanol–water partition coefficient (Wildman–Crippen LogP) is 0.447. The SMILES string of the molecule is Cn1cc(-n2ccc3c(=O)[nH]cnc32)cn1. The molecule has 0 saturated carbocycles.